The predicted molar refractivity (Wildman–Crippen MR) is 152 cm³/mol. The van der Waals surface area contributed by atoms with Crippen LogP contribution in [0, 0.1) is 11.6 Å². The normalized spacial score (nSPS) is 12.0. The average molecular weight is 642 g/mol. The number of nitrogens with two attached hydrogens (primary N) is 1. The van der Waals surface area contributed by atoms with Gasteiger partial charge in [-0.25, -0.2) is 27.1 Å². The van der Waals surface area contributed by atoms with Gasteiger partial charge in [0.15, 0.2) is 0 Å². The Morgan fingerprint density at radius 2 is 1.81 bits per heavy atom. The van der Waals surface area contributed by atoms with Gasteiger partial charge in [-0.15, -0.1) is 0 Å². The van der Waals surface area contributed by atoms with Crippen molar-refractivity contribution in [3.05, 3.63) is 82.3 Å². The number of halogens is 3. The van der Waals surface area contributed by atoms with Crippen molar-refractivity contribution in [2.45, 2.75) is 44.2 Å². The molecule has 232 valence electrons. The van der Waals surface area contributed by atoms with Crippen molar-refractivity contribution in [2.24, 2.45) is 5.14 Å². The molecule has 11 nitrogen and oxygen atoms in total. The summed E-state index contributed by atoms with van der Waals surface area (Å²) in [5.74, 6) is -3.39. The largest absolute Gasteiger partial charge is 0.467 e. The maximum Gasteiger partial charge on any atom is 0.340 e. The molecule has 3 N–H and O–H groups in total. The molecule has 0 bridgehead atoms. The first-order valence-electron chi connectivity index (χ1n) is 13.0. The molecular weight excluding hydrogens is 612 g/mol. The van der Waals surface area contributed by atoms with Crippen molar-refractivity contribution >= 4 is 45.2 Å². The average Bonchev–Trinajstić information content (AvgIpc) is 3.46. The number of rotatable bonds is 14. The number of hydrogen-bond donors (Lipinski definition) is 2. The number of carbonyl (C=O) groups excluding carboxylic acids is 3. The standard InChI is InChI=1S/C28H30ClF2N3O8S/c1-3-34(27(36)18-10-19(30)12-20(31)11-18)17(2)16-42-26(35)7-5-9-41-28(37)22-13-25(43(32,38)39)23(29)14-24(22)33-15-21-6-4-8-40-21/h4,6,8,10-14,17,33H,3,5,7,9,15-16H2,1-2H3,(H2,32,38,39). The molecule has 1 aromatic heterocycles. The van der Waals surface area contributed by atoms with Crippen LogP contribution in [0.4, 0.5) is 14.5 Å². The number of carbonyl (C=O) groups is 3. The van der Waals surface area contributed by atoms with Crippen molar-refractivity contribution in [3.63, 3.8) is 0 Å². The molecule has 2 aromatic carbocycles. The smallest absolute Gasteiger partial charge is 0.340 e. The highest BCUT2D eigenvalue weighted by atomic mass is 35.5. The minimum absolute atomic E-state index is 0.0722. The van der Waals surface area contributed by atoms with Crippen molar-refractivity contribution in [1.82, 2.24) is 4.90 Å². The van der Waals surface area contributed by atoms with Gasteiger partial charge in [0.2, 0.25) is 10.0 Å². The van der Waals surface area contributed by atoms with E-state index in [-0.39, 0.29) is 61.0 Å². The molecule has 0 fully saturated rings. The first kappa shape index (κ1) is 33.5. The number of esters is 2. The van der Waals surface area contributed by atoms with E-state index in [4.69, 9.17) is 30.6 Å². The summed E-state index contributed by atoms with van der Waals surface area (Å²) in [5.41, 5.74) is -0.155. The van der Waals surface area contributed by atoms with Crippen molar-refractivity contribution in [2.75, 3.05) is 25.1 Å². The van der Waals surface area contributed by atoms with E-state index in [0.717, 1.165) is 18.2 Å². The van der Waals surface area contributed by atoms with E-state index < -0.39 is 50.4 Å². The lowest BCUT2D eigenvalue weighted by atomic mass is 10.1. The summed E-state index contributed by atoms with van der Waals surface area (Å²) in [6, 6.07) is 7.49. The zero-order chi connectivity index (χ0) is 31.7. The maximum absolute atomic E-state index is 13.5. The Bertz CT molecular complexity index is 1550. The topological polar surface area (TPSA) is 158 Å². The fourth-order valence-corrected chi connectivity index (χ4v) is 5.11. The SMILES string of the molecule is CCN(C(=O)c1cc(F)cc(F)c1)C(C)COC(=O)CCCOC(=O)c1cc(S(N)(=O)=O)c(Cl)cc1NCc1ccco1. The van der Waals surface area contributed by atoms with Crippen molar-refractivity contribution in [1.29, 1.82) is 0 Å². The van der Waals surface area contributed by atoms with Gasteiger partial charge >= 0.3 is 11.9 Å². The second-order valence-electron chi connectivity index (χ2n) is 9.33. The van der Waals surface area contributed by atoms with Crippen LogP contribution in [-0.4, -0.2) is 57.0 Å². The summed E-state index contributed by atoms with van der Waals surface area (Å²) in [4.78, 5) is 38.7. The van der Waals surface area contributed by atoms with Gasteiger partial charge in [-0.3, -0.25) is 9.59 Å². The van der Waals surface area contributed by atoms with Crippen LogP contribution in [0.15, 0.2) is 58.0 Å². The van der Waals surface area contributed by atoms with E-state index in [1.165, 1.54) is 17.2 Å². The van der Waals surface area contributed by atoms with Crippen LogP contribution in [0.3, 0.4) is 0 Å². The molecule has 3 rings (SSSR count). The summed E-state index contributed by atoms with van der Waals surface area (Å²) in [6.07, 6.45) is 1.40. The quantitative estimate of drug-likeness (QED) is 0.191. The molecular formula is C28H30ClF2N3O8S. The summed E-state index contributed by atoms with van der Waals surface area (Å²) < 4.78 is 66.7. The molecule has 0 aliphatic carbocycles. The van der Waals surface area contributed by atoms with Crippen molar-refractivity contribution in [3.8, 4) is 0 Å². The van der Waals surface area contributed by atoms with E-state index >= 15 is 0 Å². The van der Waals surface area contributed by atoms with Gasteiger partial charge in [-0.2, -0.15) is 0 Å². The number of sulfonamides is 1. The number of anilines is 1. The van der Waals surface area contributed by atoms with Gasteiger partial charge < -0.3 is 24.1 Å². The Labute approximate surface area is 251 Å². The lowest BCUT2D eigenvalue weighted by molar-refractivity contribution is -0.145. The summed E-state index contributed by atoms with van der Waals surface area (Å²) >= 11 is 6.08. The van der Waals surface area contributed by atoms with E-state index in [1.807, 2.05) is 0 Å². The lowest BCUT2D eigenvalue weighted by Crippen LogP contribution is -2.41. The lowest BCUT2D eigenvalue weighted by Gasteiger charge is -2.28. The number of furan rings is 1. The van der Waals surface area contributed by atoms with Crippen molar-refractivity contribution < 1.29 is 45.5 Å². The Morgan fingerprint density at radius 3 is 2.42 bits per heavy atom. The maximum atomic E-state index is 13.5. The Kier molecular flexibility index (Phi) is 11.6. The van der Waals surface area contributed by atoms with Crippen LogP contribution in [0.1, 0.15) is 53.2 Å². The summed E-state index contributed by atoms with van der Waals surface area (Å²) in [5, 5.41) is 7.95. The number of ether oxygens (including phenoxy) is 2. The van der Waals surface area contributed by atoms with Crippen LogP contribution < -0.4 is 10.5 Å². The van der Waals surface area contributed by atoms with Gasteiger partial charge in [0.05, 0.1) is 41.7 Å². The van der Waals surface area contributed by atoms with Crippen LogP contribution in [-0.2, 0) is 30.8 Å². The van der Waals surface area contributed by atoms with Gasteiger partial charge in [0, 0.05) is 24.6 Å². The highest BCUT2D eigenvalue weighted by Gasteiger charge is 2.24. The van der Waals surface area contributed by atoms with E-state index in [1.54, 1.807) is 26.0 Å². The van der Waals surface area contributed by atoms with Crippen LogP contribution >= 0.6 is 11.6 Å². The molecule has 1 atom stereocenters. The third-order valence-corrected chi connectivity index (χ3v) is 7.49. The van der Waals surface area contributed by atoms with E-state index in [2.05, 4.69) is 5.32 Å². The van der Waals surface area contributed by atoms with Crippen LogP contribution in [0.5, 0.6) is 0 Å². The van der Waals surface area contributed by atoms with Gasteiger partial charge in [-0.1, -0.05) is 11.6 Å². The Hall–Kier alpha value is -4.01. The van der Waals surface area contributed by atoms with E-state index in [9.17, 15) is 31.6 Å². The minimum Gasteiger partial charge on any atom is -0.467 e. The molecule has 43 heavy (non-hydrogen) atoms. The summed E-state index contributed by atoms with van der Waals surface area (Å²) in [7, 11) is -4.25. The van der Waals surface area contributed by atoms with Gasteiger partial charge in [-0.05, 0) is 56.7 Å². The fraction of sp³-hybridized carbons (Fsp3) is 0.321. The summed E-state index contributed by atoms with van der Waals surface area (Å²) in [6.45, 7) is 3.25. The number of likely N-dealkylation sites (N-methyl/N-ethyl adjacent to an activating group) is 1. The number of primary sulfonamides is 1. The fourth-order valence-electron chi connectivity index (χ4n) is 4.02. The first-order chi connectivity index (χ1) is 20.3. The third-order valence-electron chi connectivity index (χ3n) is 6.12. The Morgan fingerprint density at radius 1 is 1.12 bits per heavy atom. The number of nitrogens with one attached hydrogen (secondary N) is 1. The molecule has 0 aliphatic rings. The predicted octanol–water partition coefficient (Wildman–Crippen LogP) is 4.50. The molecule has 0 radical (unpaired) electrons. The highest BCUT2D eigenvalue weighted by Crippen LogP contribution is 2.29. The zero-order valence-electron chi connectivity index (χ0n) is 23.3. The molecule has 0 saturated heterocycles. The van der Waals surface area contributed by atoms with E-state index in [0.29, 0.717) is 11.8 Å². The monoisotopic (exact) mass is 641 g/mol. The molecule has 3 aromatic rings. The molecule has 0 saturated carbocycles. The molecule has 1 heterocycles. The second-order valence-corrected chi connectivity index (χ2v) is 11.3. The second kappa shape index (κ2) is 14.9. The highest BCUT2D eigenvalue weighted by molar-refractivity contribution is 7.89. The molecule has 1 unspecified atom stereocenters. The Balaban J connectivity index is 1.53. The number of hydrogen-bond acceptors (Lipinski definition) is 9. The molecule has 1 amide bonds. The zero-order valence-corrected chi connectivity index (χ0v) is 24.8. The van der Waals surface area contributed by atoms with Crippen LogP contribution in [0.2, 0.25) is 5.02 Å². The first-order valence-corrected chi connectivity index (χ1v) is 14.9. The third kappa shape index (κ3) is 9.49. The molecule has 15 heteroatoms. The number of nitrogens with zero attached hydrogens (tertiary/aromatic N) is 1. The number of benzene rings is 2. The molecule has 0 spiro atoms. The molecule has 0 aliphatic heterocycles. The van der Waals surface area contributed by atoms with Gasteiger partial charge in [0.1, 0.15) is 28.9 Å². The number of amides is 1. The van der Waals surface area contributed by atoms with Gasteiger partial charge in [0.25, 0.3) is 5.91 Å². The minimum atomic E-state index is -4.25. The van der Waals surface area contributed by atoms with Crippen LogP contribution in [0.25, 0.3) is 0 Å².